The number of aliphatic hydroxyl groups is 1. The molecule has 0 bridgehead atoms. The first kappa shape index (κ1) is 26.5. The van der Waals surface area contributed by atoms with E-state index in [1.165, 1.54) is 11.6 Å². The number of fused-ring (bicyclic) bond motifs is 5. The Morgan fingerprint density at radius 2 is 1.80 bits per heavy atom. The van der Waals surface area contributed by atoms with Crippen LogP contribution in [0.5, 0.6) is 5.75 Å². The third-order valence-corrected chi connectivity index (χ3v) is 14.4. The number of benzene rings is 1. The van der Waals surface area contributed by atoms with E-state index in [1.54, 1.807) is 6.92 Å². The van der Waals surface area contributed by atoms with Crippen LogP contribution in [0.1, 0.15) is 70.4 Å². The van der Waals surface area contributed by atoms with E-state index in [4.69, 9.17) is 4.43 Å². The van der Waals surface area contributed by atoms with Crippen molar-refractivity contribution in [3.8, 4) is 5.75 Å². The molecule has 0 amide bonds. The SMILES string of the molecule is CC(C)(C)[Si](C)(C)Oc1ccc2c(c1)CC[C@@H]1[C@@H]2CC[C@]2(C)C(OS(=O)(=O)C(F)(F)F)=CC[C@]12O. The monoisotopic (exact) mass is 532 g/mol. The lowest BCUT2D eigenvalue weighted by atomic mass is 9.53. The first-order valence-electron chi connectivity index (χ1n) is 12.1. The molecule has 4 atom stereocenters. The van der Waals surface area contributed by atoms with Gasteiger partial charge in [-0.2, -0.15) is 21.6 Å². The average Bonchev–Trinajstić information content (AvgIpc) is 2.96. The fraction of sp³-hybridized carbons (Fsp3) is 0.680. The number of hydrogen-bond donors (Lipinski definition) is 1. The van der Waals surface area contributed by atoms with Crippen molar-refractivity contribution in [2.45, 2.75) is 95.0 Å². The van der Waals surface area contributed by atoms with Gasteiger partial charge < -0.3 is 13.7 Å². The van der Waals surface area contributed by atoms with Gasteiger partial charge >= 0.3 is 15.6 Å². The molecule has 0 heterocycles. The molecule has 1 N–H and O–H groups in total. The van der Waals surface area contributed by atoms with E-state index in [2.05, 4.69) is 50.2 Å². The summed E-state index contributed by atoms with van der Waals surface area (Å²) in [5.74, 6) is 0.376. The summed E-state index contributed by atoms with van der Waals surface area (Å²) in [5, 5.41) is 11.9. The van der Waals surface area contributed by atoms with Gasteiger partial charge in [0.1, 0.15) is 11.5 Å². The molecule has 4 rings (SSSR count). The molecule has 1 fully saturated rings. The Bertz CT molecular complexity index is 1150. The van der Waals surface area contributed by atoms with Crippen molar-refractivity contribution < 1.29 is 35.3 Å². The third kappa shape index (κ3) is 4.13. The van der Waals surface area contributed by atoms with Crippen LogP contribution in [0, 0.1) is 11.3 Å². The molecule has 0 radical (unpaired) electrons. The van der Waals surface area contributed by atoms with Crippen LogP contribution in [0.3, 0.4) is 0 Å². The van der Waals surface area contributed by atoms with Crippen LogP contribution in [-0.2, 0) is 20.7 Å². The van der Waals surface area contributed by atoms with Gasteiger partial charge in [-0.25, -0.2) is 0 Å². The van der Waals surface area contributed by atoms with Gasteiger partial charge in [0.15, 0.2) is 0 Å². The molecule has 35 heavy (non-hydrogen) atoms. The summed E-state index contributed by atoms with van der Waals surface area (Å²) in [4.78, 5) is 0. The first-order valence-corrected chi connectivity index (χ1v) is 16.4. The van der Waals surface area contributed by atoms with Crippen LogP contribution in [0.15, 0.2) is 30.0 Å². The normalized spacial score (nSPS) is 31.2. The maximum absolute atomic E-state index is 13.0. The van der Waals surface area contributed by atoms with Crippen LogP contribution in [0.25, 0.3) is 0 Å². The number of hydrogen-bond acceptors (Lipinski definition) is 5. The minimum atomic E-state index is -5.80. The fourth-order valence-corrected chi connectivity index (χ4v) is 7.48. The van der Waals surface area contributed by atoms with Crippen molar-refractivity contribution >= 4 is 18.4 Å². The predicted molar refractivity (Wildman–Crippen MR) is 130 cm³/mol. The molecule has 0 aliphatic heterocycles. The van der Waals surface area contributed by atoms with Crippen molar-refractivity contribution in [1.29, 1.82) is 0 Å². The summed E-state index contributed by atoms with van der Waals surface area (Å²) in [7, 11) is -7.79. The molecule has 3 aliphatic rings. The highest BCUT2D eigenvalue weighted by molar-refractivity contribution is 7.87. The quantitative estimate of drug-likeness (QED) is 0.276. The lowest BCUT2D eigenvalue weighted by Crippen LogP contribution is -2.56. The number of rotatable bonds is 4. The van der Waals surface area contributed by atoms with Gasteiger partial charge in [0, 0.05) is 0 Å². The van der Waals surface area contributed by atoms with E-state index in [-0.39, 0.29) is 29.1 Å². The van der Waals surface area contributed by atoms with Crippen LogP contribution in [0.4, 0.5) is 13.2 Å². The topological polar surface area (TPSA) is 72.8 Å². The van der Waals surface area contributed by atoms with Crippen molar-refractivity contribution in [3.05, 3.63) is 41.2 Å². The average molecular weight is 533 g/mol. The van der Waals surface area contributed by atoms with Crippen molar-refractivity contribution in [3.63, 3.8) is 0 Å². The van der Waals surface area contributed by atoms with E-state index < -0.39 is 35.0 Å². The maximum atomic E-state index is 13.0. The highest BCUT2D eigenvalue weighted by atomic mass is 32.2. The second-order valence-electron chi connectivity index (χ2n) is 12.0. The lowest BCUT2D eigenvalue weighted by Gasteiger charge is -2.54. The van der Waals surface area contributed by atoms with E-state index in [9.17, 15) is 26.7 Å². The maximum Gasteiger partial charge on any atom is 0.534 e. The van der Waals surface area contributed by atoms with Gasteiger partial charge in [0.2, 0.25) is 8.32 Å². The summed E-state index contributed by atoms with van der Waals surface area (Å²) in [6.07, 6.45) is 3.70. The van der Waals surface area contributed by atoms with Crippen molar-refractivity contribution in [1.82, 2.24) is 0 Å². The van der Waals surface area contributed by atoms with Gasteiger partial charge in [-0.05, 0) is 98.3 Å². The standard InChI is InChI=1S/C25H35F3O5SSi/c1-22(2,3)35(5,6)33-17-8-9-18-16(15-17)7-10-20-19(18)11-13-23(4)21(12-14-24(20,23)29)32-34(30,31)25(26,27)28/h8-9,12,15,19-20,29H,7,10-11,13-14H2,1-6H3/t19-,20-,23-,24+/m1/s1. The van der Waals surface area contributed by atoms with Gasteiger partial charge in [-0.1, -0.05) is 26.8 Å². The zero-order valence-corrected chi connectivity index (χ0v) is 22.9. The highest BCUT2D eigenvalue weighted by Gasteiger charge is 2.64. The molecule has 1 saturated carbocycles. The Hall–Kier alpha value is -1.52. The smallest absolute Gasteiger partial charge is 0.534 e. The van der Waals surface area contributed by atoms with Crippen LogP contribution >= 0.6 is 0 Å². The molecule has 3 aliphatic carbocycles. The van der Waals surface area contributed by atoms with Crippen LogP contribution < -0.4 is 4.43 Å². The van der Waals surface area contributed by atoms with Gasteiger partial charge in [0.25, 0.3) is 0 Å². The van der Waals surface area contributed by atoms with Crippen LogP contribution in [-0.4, -0.2) is 33.0 Å². The second-order valence-corrected chi connectivity index (χ2v) is 18.3. The number of alkyl halides is 3. The number of aryl methyl sites for hydroxylation is 1. The molecule has 0 spiro atoms. The summed E-state index contributed by atoms with van der Waals surface area (Å²) in [6.45, 7) is 12.6. The Morgan fingerprint density at radius 1 is 1.14 bits per heavy atom. The Balaban J connectivity index is 1.59. The zero-order valence-electron chi connectivity index (χ0n) is 21.1. The predicted octanol–water partition coefficient (Wildman–Crippen LogP) is 6.40. The highest BCUT2D eigenvalue weighted by Crippen LogP contribution is 2.64. The molecule has 10 heteroatoms. The van der Waals surface area contributed by atoms with Gasteiger partial charge in [-0.15, -0.1) is 0 Å². The molecule has 0 unspecified atom stereocenters. The largest absolute Gasteiger partial charge is 0.543 e. The summed E-state index contributed by atoms with van der Waals surface area (Å²) in [6, 6.07) is 6.15. The first-order chi connectivity index (χ1) is 15.8. The molecule has 196 valence electrons. The van der Waals surface area contributed by atoms with Gasteiger partial charge in [-0.3, -0.25) is 0 Å². The molecule has 5 nitrogen and oxygen atoms in total. The van der Waals surface area contributed by atoms with E-state index in [0.717, 1.165) is 11.3 Å². The van der Waals surface area contributed by atoms with E-state index in [1.807, 2.05) is 6.07 Å². The molecular formula is C25H35F3O5SSi. The molecule has 0 aromatic heterocycles. The van der Waals surface area contributed by atoms with Crippen molar-refractivity contribution in [2.24, 2.45) is 11.3 Å². The van der Waals surface area contributed by atoms with Gasteiger partial charge in [0.05, 0.1) is 11.0 Å². The fourth-order valence-electron chi connectivity index (χ4n) is 5.88. The minimum absolute atomic E-state index is 0.0331. The second kappa shape index (κ2) is 7.99. The molecule has 1 aromatic rings. The Kier molecular flexibility index (Phi) is 6.06. The Morgan fingerprint density at radius 3 is 2.40 bits per heavy atom. The zero-order chi connectivity index (χ0) is 26.2. The molecular weight excluding hydrogens is 497 g/mol. The lowest BCUT2D eigenvalue weighted by molar-refractivity contribution is -0.138. The van der Waals surface area contributed by atoms with Crippen molar-refractivity contribution in [2.75, 3.05) is 0 Å². The summed E-state index contributed by atoms with van der Waals surface area (Å²) >= 11 is 0. The third-order valence-electron chi connectivity index (χ3n) is 9.05. The summed E-state index contributed by atoms with van der Waals surface area (Å²) in [5.41, 5.74) is -5.78. The molecule has 0 saturated heterocycles. The molecule has 1 aromatic carbocycles. The number of halogens is 3. The summed E-state index contributed by atoms with van der Waals surface area (Å²) < 4.78 is 73.3. The van der Waals surface area contributed by atoms with Crippen LogP contribution in [0.2, 0.25) is 18.1 Å². The Labute approximate surface area is 207 Å². The van der Waals surface area contributed by atoms with E-state index in [0.29, 0.717) is 25.7 Å². The van der Waals surface area contributed by atoms with E-state index >= 15 is 0 Å². The minimum Gasteiger partial charge on any atom is -0.543 e.